The molecule has 5 heteroatoms. The van der Waals surface area contributed by atoms with Crippen molar-refractivity contribution < 1.29 is 14.3 Å². The average molecular weight is 432 g/mol. The van der Waals surface area contributed by atoms with Crippen molar-refractivity contribution in [2.75, 3.05) is 12.0 Å². The number of anilines is 1. The van der Waals surface area contributed by atoms with E-state index in [-0.39, 0.29) is 12.1 Å². The fourth-order valence-electron chi connectivity index (χ4n) is 3.54. The second-order valence-electron chi connectivity index (χ2n) is 7.94. The lowest BCUT2D eigenvalue weighted by molar-refractivity contribution is 0.0559. The van der Waals surface area contributed by atoms with Gasteiger partial charge in [-0.15, -0.1) is 0 Å². The first kappa shape index (κ1) is 19.7. The molecule has 0 aromatic heterocycles. The van der Waals surface area contributed by atoms with Gasteiger partial charge in [-0.1, -0.05) is 18.2 Å². The Hall–Kier alpha value is -2.01. The van der Waals surface area contributed by atoms with Crippen LogP contribution in [0.2, 0.25) is 0 Å². The van der Waals surface area contributed by atoms with Gasteiger partial charge < -0.3 is 9.47 Å². The zero-order chi connectivity index (χ0) is 19.8. The lowest BCUT2D eigenvalue weighted by Crippen LogP contribution is -2.42. The second-order valence-corrected chi connectivity index (χ2v) is 8.79. The Bertz CT molecular complexity index is 857. The van der Waals surface area contributed by atoms with Gasteiger partial charge in [-0.2, -0.15) is 0 Å². The second kappa shape index (κ2) is 7.55. The molecule has 1 atom stereocenters. The van der Waals surface area contributed by atoms with E-state index < -0.39 is 5.60 Å². The van der Waals surface area contributed by atoms with Crippen LogP contribution in [0.3, 0.4) is 0 Å². The molecule has 2 aromatic carbocycles. The highest BCUT2D eigenvalue weighted by atomic mass is 79.9. The highest BCUT2D eigenvalue weighted by molar-refractivity contribution is 9.10. The summed E-state index contributed by atoms with van der Waals surface area (Å²) in [7, 11) is 1.65. The molecule has 4 nitrogen and oxygen atoms in total. The Morgan fingerprint density at radius 1 is 1.22 bits per heavy atom. The number of carbonyl (C=O) groups excluding carboxylic acids is 1. The maximum Gasteiger partial charge on any atom is 0.415 e. The van der Waals surface area contributed by atoms with Gasteiger partial charge in [0.15, 0.2) is 0 Å². The first-order chi connectivity index (χ1) is 12.7. The van der Waals surface area contributed by atoms with Gasteiger partial charge in [-0.25, -0.2) is 4.79 Å². The van der Waals surface area contributed by atoms with Gasteiger partial charge in [0.25, 0.3) is 0 Å². The van der Waals surface area contributed by atoms with Crippen molar-refractivity contribution in [1.82, 2.24) is 0 Å². The average Bonchev–Trinajstić information content (AvgIpc) is 2.59. The maximum absolute atomic E-state index is 13.2. The number of rotatable bonds is 2. The normalized spacial score (nSPS) is 16.7. The van der Waals surface area contributed by atoms with E-state index in [1.807, 2.05) is 51.1 Å². The van der Waals surface area contributed by atoms with Crippen LogP contribution in [0, 0.1) is 6.92 Å². The summed E-state index contributed by atoms with van der Waals surface area (Å²) in [4.78, 5) is 15.0. The van der Waals surface area contributed by atoms with E-state index in [9.17, 15) is 4.79 Å². The Morgan fingerprint density at radius 3 is 2.63 bits per heavy atom. The SMILES string of the molecule is COc1cccc(C2CCc3cc(C)cc(Br)c3N2C(=O)OC(C)(C)C)c1. The highest BCUT2D eigenvalue weighted by Gasteiger charge is 2.36. The number of carbonyl (C=O) groups is 1. The molecule has 144 valence electrons. The Kier molecular flexibility index (Phi) is 5.52. The lowest BCUT2D eigenvalue weighted by Gasteiger charge is -2.39. The number of hydrogen-bond donors (Lipinski definition) is 0. The molecule has 0 aliphatic carbocycles. The number of fused-ring (bicyclic) bond motifs is 1. The van der Waals surface area contributed by atoms with Crippen LogP contribution in [-0.4, -0.2) is 18.8 Å². The Labute approximate surface area is 169 Å². The van der Waals surface area contributed by atoms with Crippen LogP contribution in [0.5, 0.6) is 5.75 Å². The molecule has 1 unspecified atom stereocenters. The number of nitrogens with zero attached hydrogens (tertiary/aromatic N) is 1. The van der Waals surface area contributed by atoms with Crippen LogP contribution >= 0.6 is 15.9 Å². The molecule has 3 rings (SSSR count). The summed E-state index contributed by atoms with van der Waals surface area (Å²) < 4.78 is 12.1. The van der Waals surface area contributed by atoms with E-state index in [4.69, 9.17) is 9.47 Å². The number of amides is 1. The van der Waals surface area contributed by atoms with E-state index in [2.05, 4.69) is 28.9 Å². The summed E-state index contributed by atoms with van der Waals surface area (Å²) in [6.45, 7) is 7.73. The molecule has 27 heavy (non-hydrogen) atoms. The van der Waals surface area contributed by atoms with Gasteiger partial charge in [0.2, 0.25) is 0 Å². The minimum atomic E-state index is -0.565. The third-order valence-electron chi connectivity index (χ3n) is 4.60. The minimum absolute atomic E-state index is 0.110. The van der Waals surface area contributed by atoms with E-state index in [0.717, 1.165) is 39.9 Å². The first-order valence-corrected chi connectivity index (χ1v) is 9.94. The third-order valence-corrected chi connectivity index (χ3v) is 5.20. The van der Waals surface area contributed by atoms with Gasteiger partial charge in [0.1, 0.15) is 11.4 Å². The lowest BCUT2D eigenvalue weighted by atomic mass is 9.90. The molecule has 0 radical (unpaired) electrons. The molecular formula is C22H26BrNO3. The van der Waals surface area contributed by atoms with Crippen molar-refractivity contribution in [2.24, 2.45) is 0 Å². The monoisotopic (exact) mass is 431 g/mol. The predicted octanol–water partition coefficient (Wildman–Crippen LogP) is 6.20. The van der Waals surface area contributed by atoms with E-state index in [0.29, 0.717) is 0 Å². The number of halogens is 1. The quantitative estimate of drug-likeness (QED) is 0.568. The molecule has 1 heterocycles. The minimum Gasteiger partial charge on any atom is -0.497 e. The fourth-order valence-corrected chi connectivity index (χ4v) is 4.34. The molecule has 1 amide bonds. The predicted molar refractivity (Wildman–Crippen MR) is 112 cm³/mol. The molecule has 0 bridgehead atoms. The Balaban J connectivity index is 2.11. The summed E-state index contributed by atoms with van der Waals surface area (Å²) in [5.74, 6) is 0.783. The van der Waals surface area contributed by atoms with E-state index in [1.54, 1.807) is 12.0 Å². The molecule has 0 saturated heterocycles. The number of methoxy groups -OCH3 is 1. The topological polar surface area (TPSA) is 38.8 Å². The Morgan fingerprint density at radius 2 is 1.96 bits per heavy atom. The van der Waals surface area contributed by atoms with Crippen molar-refractivity contribution >= 4 is 27.7 Å². The number of ether oxygens (including phenoxy) is 2. The molecular weight excluding hydrogens is 406 g/mol. The summed E-state index contributed by atoms with van der Waals surface area (Å²) in [5, 5.41) is 0. The van der Waals surface area contributed by atoms with Gasteiger partial charge in [-0.05, 0) is 91.4 Å². The largest absolute Gasteiger partial charge is 0.497 e. The maximum atomic E-state index is 13.2. The van der Waals surface area contributed by atoms with Gasteiger partial charge in [0, 0.05) is 4.47 Å². The summed E-state index contributed by atoms with van der Waals surface area (Å²) >= 11 is 3.68. The smallest absolute Gasteiger partial charge is 0.415 e. The van der Waals surface area contributed by atoms with Crippen molar-refractivity contribution in [2.45, 2.75) is 52.2 Å². The van der Waals surface area contributed by atoms with E-state index in [1.165, 1.54) is 5.56 Å². The van der Waals surface area contributed by atoms with Gasteiger partial charge >= 0.3 is 6.09 Å². The molecule has 0 fully saturated rings. The fraction of sp³-hybridized carbons (Fsp3) is 0.409. The van der Waals surface area contributed by atoms with Crippen molar-refractivity contribution in [3.63, 3.8) is 0 Å². The van der Waals surface area contributed by atoms with Crippen LogP contribution in [0.15, 0.2) is 40.9 Å². The summed E-state index contributed by atoms with van der Waals surface area (Å²) in [5.41, 5.74) is 3.70. The van der Waals surface area contributed by atoms with Crippen molar-refractivity contribution in [1.29, 1.82) is 0 Å². The molecule has 0 spiro atoms. The van der Waals surface area contributed by atoms with Crippen LogP contribution in [-0.2, 0) is 11.2 Å². The zero-order valence-electron chi connectivity index (χ0n) is 16.5. The highest BCUT2D eigenvalue weighted by Crippen LogP contribution is 2.44. The summed E-state index contributed by atoms with van der Waals surface area (Å²) in [6.07, 6.45) is 1.40. The molecule has 0 N–H and O–H groups in total. The van der Waals surface area contributed by atoms with Crippen LogP contribution < -0.4 is 9.64 Å². The number of benzene rings is 2. The van der Waals surface area contributed by atoms with Crippen LogP contribution in [0.25, 0.3) is 0 Å². The van der Waals surface area contributed by atoms with Crippen molar-refractivity contribution in [3.05, 3.63) is 57.6 Å². The van der Waals surface area contributed by atoms with Crippen LogP contribution in [0.1, 0.15) is 49.9 Å². The first-order valence-electron chi connectivity index (χ1n) is 9.15. The van der Waals surface area contributed by atoms with Gasteiger partial charge in [0.05, 0.1) is 18.8 Å². The molecule has 1 aliphatic rings. The third kappa shape index (κ3) is 4.29. The number of hydrogen-bond acceptors (Lipinski definition) is 3. The van der Waals surface area contributed by atoms with Crippen molar-refractivity contribution in [3.8, 4) is 5.75 Å². The van der Waals surface area contributed by atoms with Gasteiger partial charge in [-0.3, -0.25) is 4.90 Å². The standard InChI is InChI=1S/C22H26BrNO3/c1-14-11-16-9-10-19(15-7-6-8-17(13-15)26-5)24(20(16)18(23)12-14)21(25)27-22(2,3)4/h6-8,11-13,19H,9-10H2,1-5H3. The zero-order valence-corrected chi connectivity index (χ0v) is 18.1. The summed E-state index contributed by atoms with van der Waals surface area (Å²) in [6, 6.07) is 12.0. The van der Waals surface area contributed by atoms with E-state index >= 15 is 0 Å². The number of aryl methyl sites for hydroxylation is 2. The van der Waals surface area contributed by atoms with Crippen LogP contribution in [0.4, 0.5) is 10.5 Å². The molecule has 2 aromatic rings. The molecule has 0 saturated carbocycles. The molecule has 1 aliphatic heterocycles.